The van der Waals surface area contributed by atoms with Gasteiger partial charge in [0.1, 0.15) is 12.7 Å². The molecule has 0 saturated heterocycles. The first-order chi connectivity index (χ1) is 16.6. The van der Waals surface area contributed by atoms with Crippen LogP contribution in [-0.4, -0.2) is 64.9 Å². The van der Waals surface area contributed by atoms with E-state index in [0.717, 1.165) is 44.9 Å². The molecule has 0 aromatic heterocycles. The smallest absolute Gasteiger partial charge is 0.472 e. The van der Waals surface area contributed by atoms with E-state index in [1.165, 1.54) is 0 Å². The number of carbonyl (C=O) groups is 3. The number of phosphoric acid groups is 1. The van der Waals surface area contributed by atoms with E-state index in [-0.39, 0.29) is 12.8 Å². The lowest BCUT2D eigenvalue weighted by atomic mass is 10.1. The number of carbonyl (C=O) groups excluding carboxylic acids is 2. The standard InChI is InChI=1S/C23H42NO10P/c1-3-5-6-7-8-9-10-11-12-13-15-22(27)32-16-19(25)17-33-35(30,31)34-18-20(23(28)29)24-21(26)14-4-2/h6-7,19-20,25H,3-5,8-18H2,1-2H3,(H,24,26)(H,28,29)(H,30,31)/b7-6-. The molecule has 12 heteroatoms. The lowest BCUT2D eigenvalue weighted by Crippen LogP contribution is -2.43. The first-order valence-electron chi connectivity index (χ1n) is 12.2. The summed E-state index contributed by atoms with van der Waals surface area (Å²) in [6, 6.07) is -1.54. The molecule has 0 bridgehead atoms. The van der Waals surface area contributed by atoms with E-state index in [1.807, 2.05) is 0 Å². The summed E-state index contributed by atoms with van der Waals surface area (Å²) >= 11 is 0. The van der Waals surface area contributed by atoms with Crippen LogP contribution in [0.25, 0.3) is 0 Å². The number of hydrogen-bond donors (Lipinski definition) is 4. The van der Waals surface area contributed by atoms with Crippen molar-refractivity contribution in [3.8, 4) is 0 Å². The number of ether oxygens (including phenoxy) is 1. The molecule has 0 aliphatic heterocycles. The molecule has 1 amide bonds. The second kappa shape index (κ2) is 20.4. The predicted molar refractivity (Wildman–Crippen MR) is 130 cm³/mol. The number of esters is 1. The molecule has 0 aromatic carbocycles. The topological polar surface area (TPSA) is 169 Å². The Morgan fingerprint density at radius 1 is 0.886 bits per heavy atom. The maximum atomic E-state index is 11.9. The molecule has 0 radical (unpaired) electrons. The van der Waals surface area contributed by atoms with Crippen LogP contribution >= 0.6 is 7.82 Å². The van der Waals surface area contributed by atoms with Crippen LogP contribution in [0.2, 0.25) is 0 Å². The van der Waals surface area contributed by atoms with Gasteiger partial charge in [-0.25, -0.2) is 9.36 Å². The summed E-state index contributed by atoms with van der Waals surface area (Å²) in [4.78, 5) is 44.1. The highest BCUT2D eigenvalue weighted by Crippen LogP contribution is 2.43. The molecule has 0 fully saturated rings. The van der Waals surface area contributed by atoms with Crippen LogP contribution in [-0.2, 0) is 32.7 Å². The molecule has 35 heavy (non-hydrogen) atoms. The lowest BCUT2D eigenvalue weighted by molar-refractivity contribution is -0.147. The van der Waals surface area contributed by atoms with Gasteiger partial charge < -0.3 is 25.2 Å². The molecular formula is C23H42NO10P. The molecule has 3 atom stereocenters. The third kappa shape index (κ3) is 20.1. The Morgan fingerprint density at radius 2 is 1.51 bits per heavy atom. The fraction of sp³-hybridized carbons (Fsp3) is 0.783. The fourth-order valence-electron chi connectivity index (χ4n) is 2.83. The van der Waals surface area contributed by atoms with Gasteiger partial charge in [0.25, 0.3) is 0 Å². The molecule has 0 aliphatic carbocycles. The van der Waals surface area contributed by atoms with Crippen LogP contribution in [0.5, 0.6) is 0 Å². The molecule has 0 spiro atoms. The van der Waals surface area contributed by atoms with E-state index in [1.54, 1.807) is 6.92 Å². The third-order valence-electron chi connectivity index (χ3n) is 4.76. The predicted octanol–water partition coefficient (Wildman–Crippen LogP) is 3.48. The van der Waals surface area contributed by atoms with Crippen molar-refractivity contribution in [2.24, 2.45) is 0 Å². The fourth-order valence-corrected chi connectivity index (χ4v) is 3.60. The summed E-state index contributed by atoms with van der Waals surface area (Å²) in [6.45, 7) is 1.98. The normalized spacial score (nSPS) is 14.9. The Bertz CT molecular complexity index is 685. The number of aliphatic hydroxyl groups is 1. The lowest BCUT2D eigenvalue weighted by Gasteiger charge is -2.18. The van der Waals surface area contributed by atoms with Crippen molar-refractivity contribution in [2.45, 2.75) is 96.6 Å². The van der Waals surface area contributed by atoms with Crippen LogP contribution in [0, 0.1) is 0 Å². The summed E-state index contributed by atoms with van der Waals surface area (Å²) in [6.07, 6.45) is 12.0. The summed E-state index contributed by atoms with van der Waals surface area (Å²) in [5.74, 6) is -2.47. The minimum atomic E-state index is -4.71. The number of carboxylic acid groups (broad SMARTS) is 1. The van der Waals surface area contributed by atoms with Gasteiger partial charge in [0.05, 0.1) is 13.2 Å². The second-order valence-corrected chi connectivity index (χ2v) is 9.63. The summed E-state index contributed by atoms with van der Waals surface area (Å²) in [5.41, 5.74) is 0. The number of nitrogens with one attached hydrogen (secondary N) is 1. The summed E-state index contributed by atoms with van der Waals surface area (Å²) < 4.78 is 26.0. The van der Waals surface area contributed by atoms with E-state index in [0.29, 0.717) is 12.8 Å². The Hall–Kier alpha value is -1.78. The van der Waals surface area contributed by atoms with Gasteiger partial charge in [-0.3, -0.25) is 18.6 Å². The average Bonchev–Trinajstić information content (AvgIpc) is 2.80. The number of allylic oxidation sites excluding steroid dienone is 2. The van der Waals surface area contributed by atoms with Crippen molar-refractivity contribution in [1.82, 2.24) is 5.32 Å². The van der Waals surface area contributed by atoms with Crippen LogP contribution in [0.15, 0.2) is 12.2 Å². The monoisotopic (exact) mass is 523 g/mol. The number of phosphoric ester groups is 1. The highest BCUT2D eigenvalue weighted by molar-refractivity contribution is 7.47. The Morgan fingerprint density at radius 3 is 2.17 bits per heavy atom. The highest BCUT2D eigenvalue weighted by atomic mass is 31.2. The highest BCUT2D eigenvalue weighted by Gasteiger charge is 2.28. The maximum absolute atomic E-state index is 11.9. The number of amides is 1. The zero-order valence-corrected chi connectivity index (χ0v) is 21.7. The Labute approximate surface area is 207 Å². The molecule has 0 aliphatic rings. The molecule has 0 aromatic rings. The van der Waals surface area contributed by atoms with Gasteiger partial charge in [-0.1, -0.05) is 51.7 Å². The molecule has 3 unspecified atom stereocenters. The largest absolute Gasteiger partial charge is 0.480 e. The van der Waals surface area contributed by atoms with E-state index >= 15 is 0 Å². The van der Waals surface area contributed by atoms with Crippen LogP contribution in [0.1, 0.15) is 84.5 Å². The molecule has 0 rings (SSSR count). The number of carboxylic acids is 1. The molecule has 0 saturated carbocycles. The number of hydrogen-bond acceptors (Lipinski definition) is 8. The van der Waals surface area contributed by atoms with Crippen molar-refractivity contribution in [1.29, 1.82) is 0 Å². The maximum Gasteiger partial charge on any atom is 0.472 e. The van der Waals surface area contributed by atoms with Gasteiger partial charge in [0.2, 0.25) is 5.91 Å². The first kappa shape index (κ1) is 33.2. The molecule has 204 valence electrons. The number of rotatable bonds is 22. The van der Waals surface area contributed by atoms with Gasteiger partial charge in [-0.05, 0) is 32.1 Å². The van der Waals surface area contributed by atoms with Crippen LogP contribution in [0.3, 0.4) is 0 Å². The van der Waals surface area contributed by atoms with E-state index in [9.17, 15) is 28.9 Å². The van der Waals surface area contributed by atoms with Crippen molar-refractivity contribution in [2.75, 3.05) is 19.8 Å². The number of unbranched alkanes of at least 4 members (excludes halogenated alkanes) is 6. The molecular weight excluding hydrogens is 481 g/mol. The SMILES string of the molecule is CCC/C=C\CCCCCCCC(=O)OCC(O)COP(=O)(O)OCC(NC(=O)CCC)C(=O)O. The molecule has 4 N–H and O–H groups in total. The van der Waals surface area contributed by atoms with Gasteiger partial charge >= 0.3 is 19.8 Å². The molecule has 0 heterocycles. The Balaban J connectivity index is 4.01. The summed E-state index contributed by atoms with van der Waals surface area (Å²) in [5, 5.41) is 21.1. The van der Waals surface area contributed by atoms with Crippen molar-refractivity contribution >= 4 is 25.7 Å². The van der Waals surface area contributed by atoms with Gasteiger partial charge in [-0.15, -0.1) is 0 Å². The zero-order valence-electron chi connectivity index (χ0n) is 20.9. The van der Waals surface area contributed by atoms with E-state index in [2.05, 4.69) is 33.4 Å². The van der Waals surface area contributed by atoms with Crippen molar-refractivity contribution in [3.63, 3.8) is 0 Å². The van der Waals surface area contributed by atoms with E-state index in [4.69, 9.17) is 9.84 Å². The number of aliphatic carboxylic acids is 1. The van der Waals surface area contributed by atoms with Crippen molar-refractivity contribution < 1.29 is 47.8 Å². The van der Waals surface area contributed by atoms with Gasteiger partial charge in [-0.2, -0.15) is 0 Å². The Kier molecular flexibility index (Phi) is 19.4. The second-order valence-electron chi connectivity index (χ2n) is 8.17. The minimum Gasteiger partial charge on any atom is -0.480 e. The average molecular weight is 524 g/mol. The van der Waals surface area contributed by atoms with Gasteiger partial charge in [0.15, 0.2) is 6.04 Å². The van der Waals surface area contributed by atoms with Gasteiger partial charge in [0, 0.05) is 12.8 Å². The van der Waals surface area contributed by atoms with E-state index < -0.39 is 57.6 Å². The molecule has 11 nitrogen and oxygen atoms in total. The first-order valence-corrected chi connectivity index (χ1v) is 13.7. The minimum absolute atomic E-state index is 0.0962. The van der Waals surface area contributed by atoms with Crippen molar-refractivity contribution in [3.05, 3.63) is 12.2 Å². The summed E-state index contributed by atoms with van der Waals surface area (Å²) in [7, 11) is -4.71. The quantitative estimate of drug-likeness (QED) is 0.0713. The van der Waals surface area contributed by atoms with Crippen LogP contribution < -0.4 is 5.32 Å². The third-order valence-corrected chi connectivity index (χ3v) is 5.71. The van der Waals surface area contributed by atoms with Crippen LogP contribution in [0.4, 0.5) is 0 Å². The zero-order chi connectivity index (χ0) is 26.5. The number of aliphatic hydroxyl groups excluding tert-OH is 1.